The van der Waals surface area contributed by atoms with Crippen LogP contribution in [0.2, 0.25) is 0 Å². The highest BCUT2D eigenvalue weighted by atomic mass is 16.5. The molecule has 0 spiro atoms. The van der Waals surface area contributed by atoms with Gasteiger partial charge in [-0.05, 0) is 46.6 Å². The maximum Gasteiger partial charge on any atom is 0.411 e. The van der Waals surface area contributed by atoms with Crippen LogP contribution in [0.1, 0.15) is 75.2 Å². The molecule has 1 aliphatic heterocycles. The molecular formula is C37H56N6O7. The minimum Gasteiger partial charge on any atom is -0.447 e. The second kappa shape index (κ2) is 16.1. The van der Waals surface area contributed by atoms with Gasteiger partial charge in [0.2, 0.25) is 17.6 Å². The fourth-order valence-corrected chi connectivity index (χ4v) is 6.53. The molecule has 6 atom stereocenters. The second-order valence-corrected chi connectivity index (χ2v) is 16.0. The number of ketones is 1. The molecule has 2 fully saturated rings. The lowest BCUT2D eigenvalue weighted by Gasteiger charge is -2.38. The zero-order valence-electron chi connectivity index (χ0n) is 31.0. The summed E-state index contributed by atoms with van der Waals surface area (Å²) in [5.41, 5.74) is -0.922. The highest BCUT2D eigenvalue weighted by molar-refractivity contribution is 6.38. The van der Waals surface area contributed by atoms with Crippen LogP contribution >= 0.6 is 0 Å². The van der Waals surface area contributed by atoms with Gasteiger partial charge in [0.05, 0.1) is 12.1 Å². The Kier molecular flexibility index (Phi) is 12.9. The van der Waals surface area contributed by atoms with E-state index in [1.54, 1.807) is 24.3 Å². The van der Waals surface area contributed by atoms with Gasteiger partial charge in [-0.3, -0.25) is 24.5 Å². The van der Waals surface area contributed by atoms with Crippen LogP contribution in [0, 0.1) is 28.1 Å². The number of nitrogens with one attached hydrogen (secondary N) is 5. The number of nitrogens with zero attached hydrogens (tertiary/aromatic N) is 1. The first-order valence-corrected chi connectivity index (χ1v) is 17.3. The molecular weight excluding hydrogens is 640 g/mol. The van der Waals surface area contributed by atoms with Crippen molar-refractivity contribution in [2.45, 2.75) is 99.3 Å². The first-order valence-electron chi connectivity index (χ1n) is 17.3. The van der Waals surface area contributed by atoms with E-state index in [1.807, 2.05) is 68.4 Å². The summed E-state index contributed by atoms with van der Waals surface area (Å²) in [6, 6.07) is 4.63. The molecule has 50 heavy (non-hydrogen) atoms. The largest absolute Gasteiger partial charge is 0.447 e. The van der Waals surface area contributed by atoms with Crippen LogP contribution in [-0.2, 0) is 23.9 Å². The molecule has 13 nitrogen and oxygen atoms in total. The van der Waals surface area contributed by atoms with Crippen LogP contribution in [0.5, 0.6) is 0 Å². The van der Waals surface area contributed by atoms with E-state index in [2.05, 4.69) is 33.2 Å². The summed E-state index contributed by atoms with van der Waals surface area (Å²) >= 11 is 0. The predicted molar refractivity (Wildman–Crippen MR) is 191 cm³/mol. The third-order valence-corrected chi connectivity index (χ3v) is 9.74. The van der Waals surface area contributed by atoms with Gasteiger partial charge in [-0.1, -0.05) is 93.0 Å². The number of hydrogen-bond acceptors (Lipinski definition) is 7. The molecule has 3 rings (SSSR count). The normalized spacial score (nSPS) is 21.0. The summed E-state index contributed by atoms with van der Waals surface area (Å²) in [4.78, 5) is 81.2. The molecule has 1 unspecified atom stereocenters. The number of hydrogen-bond donors (Lipinski definition) is 5. The van der Waals surface area contributed by atoms with E-state index in [-0.39, 0.29) is 36.8 Å². The van der Waals surface area contributed by atoms with Crippen LogP contribution < -0.4 is 26.6 Å². The van der Waals surface area contributed by atoms with Crippen molar-refractivity contribution >= 4 is 41.3 Å². The van der Waals surface area contributed by atoms with Crippen molar-refractivity contribution in [1.82, 2.24) is 26.2 Å². The summed E-state index contributed by atoms with van der Waals surface area (Å²) in [7, 11) is 0. The van der Waals surface area contributed by atoms with Crippen molar-refractivity contribution in [3.63, 3.8) is 0 Å². The maximum atomic E-state index is 14.3. The molecule has 0 radical (unpaired) electrons. The third-order valence-electron chi connectivity index (χ3n) is 9.74. The zero-order valence-corrected chi connectivity index (χ0v) is 31.0. The van der Waals surface area contributed by atoms with Crippen molar-refractivity contribution in [3.05, 3.63) is 43.0 Å². The molecule has 1 saturated carbocycles. The zero-order chi connectivity index (χ0) is 37.6. The van der Waals surface area contributed by atoms with Gasteiger partial charge in [0, 0.05) is 18.8 Å². The Balaban J connectivity index is 1.76. The molecule has 1 heterocycles. The first-order chi connectivity index (χ1) is 23.2. The minimum absolute atomic E-state index is 0.0531. The molecule has 276 valence electrons. The van der Waals surface area contributed by atoms with Crippen molar-refractivity contribution in [3.8, 4) is 0 Å². The number of carbonyl (C=O) groups excluding carboxylic acids is 6. The quantitative estimate of drug-likeness (QED) is 0.144. The Morgan fingerprint density at radius 1 is 0.980 bits per heavy atom. The molecule has 0 bridgehead atoms. The van der Waals surface area contributed by atoms with Crippen molar-refractivity contribution in [2.75, 3.05) is 25.0 Å². The topological polar surface area (TPSA) is 175 Å². The lowest BCUT2D eigenvalue weighted by molar-refractivity contribution is -0.145. The number of amides is 6. The average molecular weight is 697 g/mol. The molecule has 1 aromatic rings. The SMILES string of the molecule is C=CCNC(=O)C(=O)C(CCC)NC(=O)[C@@H]1[C@@H]2[C@H](CN1C(=O)[C@@H](NC(=O)N[C@H](COC(=O)Nc1ccccc1)C(C)(C)C)C(C)(C)C)C2(C)C. The van der Waals surface area contributed by atoms with Gasteiger partial charge in [-0.2, -0.15) is 0 Å². The summed E-state index contributed by atoms with van der Waals surface area (Å²) < 4.78 is 5.45. The fraction of sp³-hybridized carbons (Fsp3) is 0.622. The van der Waals surface area contributed by atoms with Gasteiger partial charge in [-0.15, -0.1) is 6.58 Å². The van der Waals surface area contributed by atoms with E-state index in [0.29, 0.717) is 18.7 Å². The van der Waals surface area contributed by atoms with Crippen molar-refractivity contribution in [2.24, 2.45) is 28.1 Å². The van der Waals surface area contributed by atoms with Crippen LogP contribution in [0.4, 0.5) is 15.3 Å². The second-order valence-electron chi connectivity index (χ2n) is 16.0. The third kappa shape index (κ3) is 9.85. The van der Waals surface area contributed by atoms with Gasteiger partial charge in [0.15, 0.2) is 0 Å². The Bertz CT molecular complexity index is 1430. The Morgan fingerprint density at radius 2 is 1.62 bits per heavy atom. The standard InChI is InChI=1S/C37H56N6O7/c1-11-16-24(28(44)31(46)38-19-12-2)40-30(45)27-26-23(37(26,9)10)20-43(27)32(47)29(36(6,7)8)42-33(48)41-25(35(3,4)5)21-50-34(49)39-22-17-14-13-15-18-22/h12-15,17-18,23-27,29H,2,11,16,19-21H2,1,3-10H3,(H,38,46)(H,39,49)(H,40,45)(H2,41,42,48)/t23-,24?,25+,26-,27-,29+/m0/s1. The number of benzene rings is 1. The van der Waals surface area contributed by atoms with E-state index in [4.69, 9.17) is 4.74 Å². The Labute approximate surface area is 296 Å². The number of carbonyl (C=O) groups is 6. The number of fused-ring (bicyclic) bond motifs is 1. The molecule has 13 heteroatoms. The molecule has 6 amide bonds. The van der Waals surface area contributed by atoms with Crippen LogP contribution in [0.3, 0.4) is 0 Å². The number of anilines is 1. The highest BCUT2D eigenvalue weighted by Crippen LogP contribution is 2.65. The molecule has 1 saturated heterocycles. The van der Waals surface area contributed by atoms with Gasteiger partial charge in [0.1, 0.15) is 18.7 Å². The smallest absolute Gasteiger partial charge is 0.411 e. The molecule has 0 aromatic heterocycles. The summed E-state index contributed by atoms with van der Waals surface area (Å²) in [6.07, 6.45) is 1.58. The van der Waals surface area contributed by atoms with E-state index >= 15 is 0 Å². The van der Waals surface area contributed by atoms with Crippen LogP contribution in [-0.4, -0.2) is 84.4 Å². The molecule has 2 aliphatic rings. The van der Waals surface area contributed by atoms with Gasteiger partial charge in [0.25, 0.3) is 5.91 Å². The van der Waals surface area contributed by atoms with E-state index in [9.17, 15) is 28.8 Å². The first kappa shape index (κ1) is 40.0. The number of piperidine rings is 1. The van der Waals surface area contributed by atoms with Crippen molar-refractivity contribution in [1.29, 1.82) is 0 Å². The van der Waals surface area contributed by atoms with Gasteiger partial charge >= 0.3 is 12.1 Å². The summed E-state index contributed by atoms with van der Waals surface area (Å²) in [5, 5.41) is 13.6. The summed E-state index contributed by atoms with van der Waals surface area (Å²) in [5.74, 6) is -2.61. The lowest BCUT2D eigenvalue weighted by Crippen LogP contribution is -2.62. The van der Waals surface area contributed by atoms with Crippen LogP contribution in [0.25, 0.3) is 0 Å². The Hall–Kier alpha value is -4.42. The Morgan fingerprint density at radius 3 is 2.18 bits per heavy atom. The lowest BCUT2D eigenvalue weighted by atomic mass is 9.85. The summed E-state index contributed by atoms with van der Waals surface area (Å²) in [6.45, 7) is 20.9. The maximum absolute atomic E-state index is 14.3. The minimum atomic E-state index is -1.05. The monoisotopic (exact) mass is 696 g/mol. The van der Waals surface area contributed by atoms with Gasteiger partial charge < -0.3 is 30.9 Å². The molecule has 1 aromatic carbocycles. The average Bonchev–Trinajstić information content (AvgIpc) is 3.33. The van der Waals surface area contributed by atoms with E-state index in [1.165, 1.54) is 11.0 Å². The number of rotatable bonds is 14. The van der Waals surface area contributed by atoms with E-state index < -0.39 is 70.6 Å². The van der Waals surface area contributed by atoms with Gasteiger partial charge in [-0.25, -0.2) is 9.59 Å². The predicted octanol–water partition coefficient (Wildman–Crippen LogP) is 4.00. The molecule has 5 N–H and O–H groups in total. The number of likely N-dealkylation sites (tertiary alicyclic amines) is 1. The number of para-hydroxylation sites is 1. The number of Topliss-reactive ketones (excluding diaryl/α,β-unsaturated/α-hetero) is 1. The number of ether oxygens (including phenoxy) is 1. The number of urea groups is 1. The fourth-order valence-electron chi connectivity index (χ4n) is 6.53. The van der Waals surface area contributed by atoms with Crippen molar-refractivity contribution < 1.29 is 33.5 Å². The molecule has 1 aliphatic carbocycles. The van der Waals surface area contributed by atoms with E-state index in [0.717, 1.165) is 0 Å². The van der Waals surface area contributed by atoms with Crippen LogP contribution in [0.15, 0.2) is 43.0 Å². The highest BCUT2D eigenvalue weighted by Gasteiger charge is 2.70.